The van der Waals surface area contributed by atoms with Gasteiger partial charge in [0.05, 0.1) is 0 Å². The largest absolute Gasteiger partial charge is 0.508 e. The molecule has 0 heterocycles. The van der Waals surface area contributed by atoms with E-state index in [0.29, 0.717) is 11.4 Å². The first-order valence-corrected chi connectivity index (χ1v) is 7.28. The lowest BCUT2D eigenvalue weighted by molar-refractivity contribution is 0.475. The Morgan fingerprint density at radius 2 is 1.40 bits per heavy atom. The highest BCUT2D eigenvalue weighted by atomic mass is 31.1. The molecular formula is C13H25OP. The van der Waals surface area contributed by atoms with Gasteiger partial charge in [-0.3, -0.25) is 0 Å². The predicted octanol–water partition coefficient (Wildman–Crippen LogP) is 4.81. The molecule has 2 heteroatoms. The third kappa shape index (κ3) is 7.39. The van der Waals surface area contributed by atoms with Crippen LogP contribution in [-0.2, 0) is 0 Å². The molecule has 0 fully saturated rings. The fourth-order valence-corrected chi connectivity index (χ4v) is 1.46. The van der Waals surface area contributed by atoms with Gasteiger partial charge >= 0.3 is 0 Å². The number of aromatic hydroxyl groups is 1. The first-order valence-electron chi connectivity index (χ1n) is 5.70. The summed E-state index contributed by atoms with van der Waals surface area (Å²) in [5, 5.41) is 9.01. The van der Waals surface area contributed by atoms with Gasteiger partial charge < -0.3 is 5.11 Å². The predicted molar refractivity (Wildman–Crippen MR) is 73.5 cm³/mol. The molecule has 0 aliphatic heterocycles. The normalized spacial score (nSPS) is 11.1. The van der Waals surface area contributed by atoms with E-state index in [4.69, 9.17) is 5.11 Å². The Morgan fingerprint density at radius 1 is 1.00 bits per heavy atom. The van der Waals surface area contributed by atoms with Crippen molar-refractivity contribution in [2.75, 3.05) is 6.66 Å². The second-order valence-corrected chi connectivity index (χ2v) is 4.05. The number of hydrogen-bond acceptors (Lipinski definition) is 1. The van der Waals surface area contributed by atoms with Crippen LogP contribution in [0.25, 0.3) is 0 Å². The molecule has 1 aromatic carbocycles. The summed E-state index contributed by atoms with van der Waals surface area (Å²) < 4.78 is 0. The summed E-state index contributed by atoms with van der Waals surface area (Å²) in [5.74, 6) is 0.348. The van der Waals surface area contributed by atoms with Crippen LogP contribution in [0.2, 0.25) is 0 Å². The summed E-state index contributed by atoms with van der Waals surface area (Å²) in [6.45, 7) is 12.4. The first-order chi connectivity index (χ1) is 7.24. The summed E-state index contributed by atoms with van der Waals surface area (Å²) in [6.07, 6.45) is 0. The van der Waals surface area contributed by atoms with Crippen LogP contribution in [0.15, 0.2) is 24.3 Å². The van der Waals surface area contributed by atoms with Crippen molar-refractivity contribution in [3.8, 4) is 5.75 Å². The summed E-state index contributed by atoms with van der Waals surface area (Å²) in [5.41, 5.74) is 1.93. The van der Waals surface area contributed by atoms with Crippen LogP contribution in [0.1, 0.15) is 45.8 Å². The molecular weight excluding hydrogens is 203 g/mol. The molecule has 1 nitrogen and oxygen atoms in total. The zero-order valence-corrected chi connectivity index (χ0v) is 11.8. The van der Waals surface area contributed by atoms with E-state index in [9.17, 15) is 0 Å². The molecule has 0 radical (unpaired) electrons. The van der Waals surface area contributed by atoms with Gasteiger partial charge in [0.25, 0.3) is 0 Å². The van der Waals surface area contributed by atoms with Crippen molar-refractivity contribution >= 4 is 8.58 Å². The molecule has 0 spiro atoms. The molecule has 0 amide bonds. The van der Waals surface area contributed by atoms with Crippen LogP contribution >= 0.6 is 8.58 Å². The van der Waals surface area contributed by atoms with Gasteiger partial charge in [0.1, 0.15) is 5.75 Å². The topological polar surface area (TPSA) is 20.2 Å². The van der Waals surface area contributed by atoms with Crippen molar-refractivity contribution < 1.29 is 5.11 Å². The number of phenolic OH excluding ortho intramolecular Hbond substituents is 1. The smallest absolute Gasteiger partial charge is 0.115 e. The van der Waals surface area contributed by atoms with E-state index in [-0.39, 0.29) is 0 Å². The monoisotopic (exact) mass is 228 g/mol. The second-order valence-electron chi connectivity index (χ2n) is 2.60. The van der Waals surface area contributed by atoms with Crippen molar-refractivity contribution in [2.24, 2.45) is 0 Å². The molecule has 1 aromatic rings. The van der Waals surface area contributed by atoms with E-state index in [1.807, 2.05) is 39.8 Å². The number of benzene rings is 1. The van der Waals surface area contributed by atoms with Crippen molar-refractivity contribution in [2.45, 2.75) is 40.3 Å². The zero-order valence-electron chi connectivity index (χ0n) is 10.8. The van der Waals surface area contributed by atoms with E-state index in [2.05, 4.69) is 13.6 Å². The second kappa shape index (κ2) is 11.5. The maximum absolute atomic E-state index is 9.01. The van der Waals surface area contributed by atoms with Gasteiger partial charge in [-0.25, -0.2) is 0 Å². The third-order valence-corrected chi connectivity index (χ3v) is 3.03. The third-order valence-electron chi connectivity index (χ3n) is 1.83. The Labute approximate surface area is 96.7 Å². The SMILES string of the molecule is CC.CC.CPC(C)c1ccc(O)cc1. The molecule has 88 valence electrons. The zero-order chi connectivity index (χ0) is 12.3. The summed E-state index contributed by atoms with van der Waals surface area (Å²) in [4.78, 5) is 0. The van der Waals surface area contributed by atoms with Gasteiger partial charge in [0, 0.05) is 0 Å². The van der Waals surface area contributed by atoms with Crippen LogP contribution in [-0.4, -0.2) is 11.8 Å². The Bertz CT molecular complexity index is 218. The Morgan fingerprint density at radius 3 is 1.73 bits per heavy atom. The fraction of sp³-hybridized carbons (Fsp3) is 0.538. The van der Waals surface area contributed by atoms with Crippen molar-refractivity contribution in [1.29, 1.82) is 0 Å². The molecule has 0 aliphatic carbocycles. The number of rotatable bonds is 2. The highest BCUT2D eigenvalue weighted by Gasteiger charge is 2.00. The van der Waals surface area contributed by atoms with E-state index < -0.39 is 0 Å². The molecule has 2 unspecified atom stereocenters. The van der Waals surface area contributed by atoms with Crippen LogP contribution in [0.3, 0.4) is 0 Å². The van der Waals surface area contributed by atoms with Gasteiger partial charge in [-0.2, -0.15) is 0 Å². The molecule has 1 N–H and O–H groups in total. The molecule has 2 atom stereocenters. The van der Waals surface area contributed by atoms with E-state index in [0.717, 1.165) is 8.58 Å². The van der Waals surface area contributed by atoms with Crippen LogP contribution in [0, 0.1) is 0 Å². The summed E-state index contributed by atoms with van der Waals surface area (Å²) in [6, 6.07) is 7.45. The van der Waals surface area contributed by atoms with Gasteiger partial charge in [0.2, 0.25) is 0 Å². The van der Waals surface area contributed by atoms with E-state index >= 15 is 0 Å². The minimum atomic E-state index is 0.348. The molecule has 0 bridgehead atoms. The molecule has 0 aromatic heterocycles. The lowest BCUT2D eigenvalue weighted by atomic mass is 10.2. The lowest BCUT2D eigenvalue weighted by Gasteiger charge is -2.07. The molecule has 0 aliphatic rings. The highest BCUT2D eigenvalue weighted by molar-refractivity contribution is 7.37. The Balaban J connectivity index is 0. The van der Waals surface area contributed by atoms with Crippen molar-refractivity contribution in [1.82, 2.24) is 0 Å². The van der Waals surface area contributed by atoms with Gasteiger partial charge in [-0.15, -0.1) is 8.58 Å². The summed E-state index contributed by atoms with van der Waals surface area (Å²) >= 11 is 0. The van der Waals surface area contributed by atoms with E-state index in [1.165, 1.54) is 5.56 Å². The fourth-order valence-electron chi connectivity index (χ4n) is 0.930. The van der Waals surface area contributed by atoms with Gasteiger partial charge in [-0.1, -0.05) is 46.8 Å². The average molecular weight is 228 g/mol. The van der Waals surface area contributed by atoms with E-state index in [1.54, 1.807) is 12.1 Å². The minimum Gasteiger partial charge on any atom is -0.508 e. The number of phenols is 1. The maximum atomic E-state index is 9.01. The van der Waals surface area contributed by atoms with Crippen LogP contribution in [0.4, 0.5) is 0 Å². The molecule has 0 saturated heterocycles. The molecule has 0 saturated carbocycles. The standard InChI is InChI=1S/C9H13OP.2C2H6/c1-7(11-2)8-3-5-9(10)6-4-8;2*1-2/h3-7,10-11H,1-2H3;2*1-2H3. The Hall–Kier alpha value is -0.550. The average Bonchev–Trinajstić information content (AvgIpc) is 2.34. The van der Waals surface area contributed by atoms with Crippen molar-refractivity contribution in [3.05, 3.63) is 29.8 Å². The first kappa shape index (κ1) is 16.9. The van der Waals surface area contributed by atoms with Crippen LogP contribution in [0.5, 0.6) is 5.75 Å². The molecule has 15 heavy (non-hydrogen) atoms. The highest BCUT2D eigenvalue weighted by Crippen LogP contribution is 2.31. The van der Waals surface area contributed by atoms with Gasteiger partial charge in [-0.05, 0) is 30.0 Å². The van der Waals surface area contributed by atoms with Crippen LogP contribution < -0.4 is 0 Å². The lowest BCUT2D eigenvalue weighted by Crippen LogP contribution is -1.83. The number of hydrogen-bond donors (Lipinski definition) is 1. The maximum Gasteiger partial charge on any atom is 0.115 e. The quantitative estimate of drug-likeness (QED) is 0.720. The minimum absolute atomic E-state index is 0.348. The van der Waals surface area contributed by atoms with Gasteiger partial charge in [0.15, 0.2) is 0 Å². The van der Waals surface area contributed by atoms with Crippen molar-refractivity contribution in [3.63, 3.8) is 0 Å². The Kier molecular flexibility index (Phi) is 13.0. The summed E-state index contributed by atoms with van der Waals surface area (Å²) in [7, 11) is 0.924. The molecule has 1 rings (SSSR count).